The van der Waals surface area contributed by atoms with Crippen molar-refractivity contribution in [3.63, 3.8) is 0 Å². The molecular weight excluding hydrogens is 308 g/mol. The zero-order valence-electron chi connectivity index (χ0n) is 12.9. The topological polar surface area (TPSA) is 109 Å². The SMILES string of the molecule is OC[C@@H](O)[C@H](O)C(/C=N/Nc1ccccc1)=N/Nc1ccccc1. The second-order valence-electron chi connectivity index (χ2n) is 4.95. The number of rotatable bonds is 8. The largest absolute Gasteiger partial charge is 0.394 e. The third-order valence-electron chi connectivity index (χ3n) is 3.11. The third kappa shape index (κ3) is 5.47. The van der Waals surface area contributed by atoms with E-state index in [-0.39, 0.29) is 5.71 Å². The summed E-state index contributed by atoms with van der Waals surface area (Å²) in [7, 11) is 0. The van der Waals surface area contributed by atoms with Crippen molar-refractivity contribution in [2.24, 2.45) is 10.2 Å². The third-order valence-corrected chi connectivity index (χ3v) is 3.11. The molecule has 0 bridgehead atoms. The van der Waals surface area contributed by atoms with Gasteiger partial charge >= 0.3 is 0 Å². The molecule has 0 unspecified atom stereocenters. The molecule has 0 fully saturated rings. The molecule has 2 rings (SSSR count). The zero-order chi connectivity index (χ0) is 17.2. The molecule has 5 N–H and O–H groups in total. The lowest BCUT2D eigenvalue weighted by molar-refractivity contribution is 0.0193. The van der Waals surface area contributed by atoms with Crippen LogP contribution in [-0.4, -0.2) is 46.1 Å². The molecule has 0 aliphatic rings. The Morgan fingerprint density at radius 1 is 0.917 bits per heavy atom. The van der Waals surface area contributed by atoms with Gasteiger partial charge in [-0.1, -0.05) is 36.4 Å². The van der Waals surface area contributed by atoms with Gasteiger partial charge in [0, 0.05) is 0 Å². The summed E-state index contributed by atoms with van der Waals surface area (Å²) in [4.78, 5) is 0. The summed E-state index contributed by atoms with van der Waals surface area (Å²) >= 11 is 0. The Morgan fingerprint density at radius 3 is 2.00 bits per heavy atom. The fraction of sp³-hybridized carbons (Fsp3) is 0.176. The van der Waals surface area contributed by atoms with Gasteiger partial charge in [0.05, 0.1) is 24.2 Å². The van der Waals surface area contributed by atoms with Gasteiger partial charge in [0.2, 0.25) is 0 Å². The molecule has 7 heteroatoms. The van der Waals surface area contributed by atoms with Crippen molar-refractivity contribution in [2.45, 2.75) is 12.2 Å². The number of nitrogens with zero attached hydrogens (tertiary/aromatic N) is 2. The highest BCUT2D eigenvalue weighted by atomic mass is 16.4. The fourth-order valence-electron chi connectivity index (χ4n) is 1.80. The van der Waals surface area contributed by atoms with Gasteiger partial charge in [-0.25, -0.2) is 0 Å². The van der Waals surface area contributed by atoms with Crippen LogP contribution in [0, 0.1) is 0 Å². The summed E-state index contributed by atoms with van der Waals surface area (Å²) in [6.45, 7) is -0.592. The highest BCUT2D eigenvalue weighted by Crippen LogP contribution is 2.06. The summed E-state index contributed by atoms with van der Waals surface area (Å²) in [6.07, 6.45) is -1.45. The minimum atomic E-state index is -1.38. The van der Waals surface area contributed by atoms with E-state index < -0.39 is 18.8 Å². The van der Waals surface area contributed by atoms with Gasteiger partial charge in [-0.2, -0.15) is 10.2 Å². The van der Waals surface area contributed by atoms with Crippen LogP contribution < -0.4 is 10.9 Å². The average molecular weight is 328 g/mol. The van der Waals surface area contributed by atoms with Gasteiger partial charge in [0.1, 0.15) is 17.9 Å². The number of hydrogen-bond donors (Lipinski definition) is 5. The van der Waals surface area contributed by atoms with E-state index in [4.69, 9.17) is 5.11 Å². The zero-order valence-corrected chi connectivity index (χ0v) is 12.9. The van der Waals surface area contributed by atoms with Crippen LogP contribution in [0.3, 0.4) is 0 Å². The Bertz CT molecular complexity index is 662. The number of aliphatic hydroxyl groups is 3. The van der Waals surface area contributed by atoms with Crippen molar-refractivity contribution in [3.8, 4) is 0 Å². The highest BCUT2D eigenvalue weighted by Gasteiger charge is 2.20. The van der Waals surface area contributed by atoms with Crippen molar-refractivity contribution >= 4 is 23.3 Å². The maximum Gasteiger partial charge on any atom is 0.127 e. The van der Waals surface area contributed by atoms with Crippen LogP contribution in [0.15, 0.2) is 70.9 Å². The number of hydrogen-bond acceptors (Lipinski definition) is 7. The fourth-order valence-corrected chi connectivity index (χ4v) is 1.80. The molecule has 0 saturated heterocycles. The van der Waals surface area contributed by atoms with E-state index >= 15 is 0 Å². The van der Waals surface area contributed by atoms with E-state index in [9.17, 15) is 10.2 Å². The number of hydrazone groups is 2. The van der Waals surface area contributed by atoms with E-state index in [1.807, 2.05) is 48.5 Å². The van der Waals surface area contributed by atoms with Crippen LogP contribution in [-0.2, 0) is 0 Å². The second kappa shape index (κ2) is 9.41. The van der Waals surface area contributed by atoms with Crippen molar-refractivity contribution in [1.29, 1.82) is 0 Å². The summed E-state index contributed by atoms with van der Waals surface area (Å²) in [5.74, 6) is 0. The van der Waals surface area contributed by atoms with Crippen LogP contribution in [0.5, 0.6) is 0 Å². The van der Waals surface area contributed by atoms with Crippen molar-refractivity contribution < 1.29 is 15.3 Å². The Kier molecular flexibility index (Phi) is 6.91. The molecule has 24 heavy (non-hydrogen) atoms. The molecule has 2 atom stereocenters. The molecule has 2 aromatic carbocycles. The lowest BCUT2D eigenvalue weighted by Crippen LogP contribution is -2.37. The molecule has 0 aromatic heterocycles. The predicted molar refractivity (Wildman–Crippen MR) is 95.2 cm³/mol. The van der Waals surface area contributed by atoms with E-state index in [1.165, 1.54) is 6.21 Å². The minimum absolute atomic E-state index is 0.0730. The Morgan fingerprint density at radius 2 is 1.46 bits per heavy atom. The first-order valence-electron chi connectivity index (χ1n) is 7.40. The van der Waals surface area contributed by atoms with Gasteiger partial charge < -0.3 is 15.3 Å². The number of anilines is 2. The molecule has 126 valence electrons. The first kappa shape index (κ1) is 17.6. The Balaban J connectivity index is 2.10. The summed E-state index contributed by atoms with van der Waals surface area (Å²) < 4.78 is 0. The number of nitrogens with one attached hydrogen (secondary N) is 2. The standard InChI is InChI=1S/C17H20N4O3/c22-12-16(23)17(24)15(21-20-14-9-5-2-6-10-14)11-18-19-13-7-3-1-4-8-13/h1-11,16-17,19-20,22-24H,12H2/b18-11+,21-15+/t16-,17-/m1/s1. The van der Waals surface area contributed by atoms with E-state index in [2.05, 4.69) is 21.1 Å². The molecule has 7 nitrogen and oxygen atoms in total. The normalized spacial score (nSPS) is 14.4. The van der Waals surface area contributed by atoms with E-state index in [0.717, 1.165) is 5.69 Å². The van der Waals surface area contributed by atoms with Gasteiger partial charge in [-0.05, 0) is 24.3 Å². The number of benzene rings is 2. The van der Waals surface area contributed by atoms with E-state index in [0.29, 0.717) is 5.69 Å². The number of para-hydroxylation sites is 2. The molecule has 0 heterocycles. The van der Waals surface area contributed by atoms with Crippen LogP contribution in [0.25, 0.3) is 0 Å². The minimum Gasteiger partial charge on any atom is -0.394 e. The molecule has 0 radical (unpaired) electrons. The van der Waals surface area contributed by atoms with Gasteiger partial charge in [0.25, 0.3) is 0 Å². The van der Waals surface area contributed by atoms with Crippen molar-refractivity contribution in [3.05, 3.63) is 60.7 Å². The molecule has 0 amide bonds. The Labute approximate surface area is 140 Å². The number of aliphatic hydroxyl groups excluding tert-OH is 3. The maximum atomic E-state index is 10.1. The summed E-state index contributed by atoms with van der Waals surface area (Å²) in [6, 6.07) is 18.4. The monoisotopic (exact) mass is 328 g/mol. The highest BCUT2D eigenvalue weighted by molar-refractivity contribution is 6.33. The van der Waals surface area contributed by atoms with Crippen LogP contribution in [0.4, 0.5) is 11.4 Å². The quantitative estimate of drug-likeness (QED) is 0.370. The maximum absolute atomic E-state index is 10.1. The van der Waals surface area contributed by atoms with Crippen molar-refractivity contribution in [1.82, 2.24) is 0 Å². The molecule has 0 aliphatic carbocycles. The molecule has 2 aromatic rings. The van der Waals surface area contributed by atoms with Gasteiger partial charge in [-0.15, -0.1) is 0 Å². The lowest BCUT2D eigenvalue weighted by atomic mass is 10.1. The Hall–Kier alpha value is -2.74. The van der Waals surface area contributed by atoms with Gasteiger partial charge in [-0.3, -0.25) is 10.9 Å². The molecule has 0 aliphatic heterocycles. The second-order valence-corrected chi connectivity index (χ2v) is 4.95. The predicted octanol–water partition coefficient (Wildman–Crippen LogP) is 1.27. The van der Waals surface area contributed by atoms with Crippen LogP contribution in [0.1, 0.15) is 0 Å². The smallest absolute Gasteiger partial charge is 0.127 e. The molecule has 0 spiro atoms. The molecule has 0 saturated carbocycles. The molecular formula is C17H20N4O3. The average Bonchev–Trinajstić information content (AvgIpc) is 2.65. The van der Waals surface area contributed by atoms with Crippen LogP contribution >= 0.6 is 0 Å². The van der Waals surface area contributed by atoms with Gasteiger partial charge in [0.15, 0.2) is 0 Å². The lowest BCUT2D eigenvalue weighted by Gasteiger charge is -2.15. The van der Waals surface area contributed by atoms with E-state index in [1.54, 1.807) is 12.1 Å². The summed E-state index contributed by atoms with van der Waals surface area (Å²) in [5.41, 5.74) is 7.11. The van der Waals surface area contributed by atoms with Crippen LogP contribution in [0.2, 0.25) is 0 Å². The first-order chi connectivity index (χ1) is 11.7. The summed E-state index contributed by atoms with van der Waals surface area (Å²) in [5, 5.41) is 36.7. The van der Waals surface area contributed by atoms with Crippen molar-refractivity contribution in [2.75, 3.05) is 17.5 Å². The first-order valence-corrected chi connectivity index (χ1v) is 7.40.